The molecule has 1 aromatic rings. The number of nitrogens with zero attached hydrogens (tertiary/aromatic N) is 1. The first kappa shape index (κ1) is 21.4. The Morgan fingerprint density at radius 2 is 1.92 bits per heavy atom. The van der Waals surface area contributed by atoms with Crippen LogP contribution in [0.25, 0.3) is 0 Å². The number of halogens is 2. The molecule has 2 rings (SSSR count). The molecule has 0 bridgehead atoms. The molecule has 3 N–H and O–H groups in total. The Labute approximate surface area is 159 Å². The third-order valence-corrected chi connectivity index (χ3v) is 4.90. The van der Waals surface area contributed by atoms with Crippen LogP contribution in [0.1, 0.15) is 36.0 Å². The lowest BCUT2D eigenvalue weighted by Gasteiger charge is -2.30. The molecule has 0 aliphatic heterocycles. The lowest BCUT2D eigenvalue weighted by atomic mass is 9.84. The highest BCUT2D eigenvalue weighted by Gasteiger charge is 2.42. The van der Waals surface area contributed by atoms with E-state index in [1.165, 1.54) is 19.2 Å². The monoisotopic (exact) mass is 389 g/mol. The van der Waals surface area contributed by atoms with Crippen LogP contribution in [0.2, 0.25) is 5.02 Å². The van der Waals surface area contributed by atoms with Gasteiger partial charge in [0.15, 0.2) is 0 Å². The summed E-state index contributed by atoms with van der Waals surface area (Å²) in [7, 11) is 4.95. The number of carbonyl (C=O) groups excluding carboxylic acids is 2. The van der Waals surface area contributed by atoms with Gasteiger partial charge in [-0.15, -0.1) is 12.4 Å². The molecule has 0 aromatic heterocycles. The highest BCUT2D eigenvalue weighted by atomic mass is 35.5. The second-order valence-electron chi connectivity index (χ2n) is 6.44. The third kappa shape index (κ3) is 4.50. The molecule has 1 fully saturated rings. The van der Waals surface area contributed by atoms with Crippen molar-refractivity contribution in [1.29, 1.82) is 0 Å². The molecule has 0 unspecified atom stereocenters. The SMILES string of the molecule is COc1cc(N)c(Cl)cc1C(=O)NCC1(C(=O)N(C)C)CCCC1.Cl. The van der Waals surface area contributed by atoms with Crippen LogP contribution in [-0.4, -0.2) is 44.5 Å². The summed E-state index contributed by atoms with van der Waals surface area (Å²) in [5, 5.41) is 3.17. The molecule has 1 aliphatic rings. The molecule has 6 nitrogen and oxygen atoms in total. The Bertz CT molecular complexity index is 644. The fourth-order valence-electron chi connectivity index (χ4n) is 3.25. The Morgan fingerprint density at radius 1 is 1.32 bits per heavy atom. The summed E-state index contributed by atoms with van der Waals surface area (Å²) in [5.41, 5.74) is 5.87. The zero-order valence-electron chi connectivity index (χ0n) is 14.7. The van der Waals surface area contributed by atoms with Crippen molar-refractivity contribution in [2.45, 2.75) is 25.7 Å². The van der Waals surface area contributed by atoms with Crippen molar-refractivity contribution < 1.29 is 14.3 Å². The summed E-state index contributed by atoms with van der Waals surface area (Å²) >= 11 is 6.01. The molecule has 0 spiro atoms. The highest BCUT2D eigenvalue weighted by Crippen LogP contribution is 2.39. The molecule has 1 aliphatic carbocycles. The summed E-state index contributed by atoms with van der Waals surface area (Å²) < 4.78 is 5.21. The molecule has 2 amide bonds. The fraction of sp³-hybridized carbons (Fsp3) is 0.529. The molecule has 0 saturated heterocycles. The van der Waals surface area contributed by atoms with Crippen LogP contribution in [-0.2, 0) is 4.79 Å². The van der Waals surface area contributed by atoms with Crippen LogP contribution in [0.5, 0.6) is 5.75 Å². The fourth-order valence-corrected chi connectivity index (χ4v) is 3.42. The van der Waals surface area contributed by atoms with Crippen molar-refractivity contribution >= 4 is 41.5 Å². The number of nitrogens with two attached hydrogens (primary N) is 1. The van der Waals surface area contributed by atoms with Gasteiger partial charge in [-0.05, 0) is 18.9 Å². The van der Waals surface area contributed by atoms with Crippen LogP contribution >= 0.6 is 24.0 Å². The lowest BCUT2D eigenvalue weighted by Crippen LogP contribution is -2.46. The second-order valence-corrected chi connectivity index (χ2v) is 6.85. The summed E-state index contributed by atoms with van der Waals surface area (Å²) in [4.78, 5) is 26.7. The quantitative estimate of drug-likeness (QED) is 0.758. The number of anilines is 1. The molecule has 25 heavy (non-hydrogen) atoms. The van der Waals surface area contributed by atoms with E-state index in [1.54, 1.807) is 19.0 Å². The van der Waals surface area contributed by atoms with E-state index in [9.17, 15) is 9.59 Å². The summed E-state index contributed by atoms with van der Waals surface area (Å²) in [6.07, 6.45) is 3.55. The van der Waals surface area contributed by atoms with Crippen LogP contribution in [0.15, 0.2) is 12.1 Å². The summed E-state index contributed by atoms with van der Waals surface area (Å²) in [5.74, 6) is 0.0861. The lowest BCUT2D eigenvalue weighted by molar-refractivity contribution is -0.138. The van der Waals surface area contributed by atoms with E-state index in [1.807, 2.05) is 0 Å². The average Bonchev–Trinajstić information content (AvgIpc) is 3.03. The van der Waals surface area contributed by atoms with Crippen LogP contribution < -0.4 is 15.8 Å². The minimum absolute atomic E-state index is 0. The maximum Gasteiger partial charge on any atom is 0.255 e. The minimum Gasteiger partial charge on any atom is -0.496 e. The van der Waals surface area contributed by atoms with E-state index in [4.69, 9.17) is 22.1 Å². The highest BCUT2D eigenvalue weighted by molar-refractivity contribution is 6.33. The van der Waals surface area contributed by atoms with Gasteiger partial charge in [0.1, 0.15) is 5.75 Å². The van der Waals surface area contributed by atoms with Gasteiger partial charge < -0.3 is 20.7 Å². The summed E-state index contributed by atoms with van der Waals surface area (Å²) in [6.45, 7) is 0.300. The summed E-state index contributed by atoms with van der Waals surface area (Å²) in [6, 6.07) is 3.01. The molecule has 1 saturated carbocycles. The largest absolute Gasteiger partial charge is 0.496 e. The normalized spacial score (nSPS) is 15.2. The van der Waals surface area contributed by atoms with Gasteiger partial charge in [-0.3, -0.25) is 9.59 Å². The molecule has 0 heterocycles. The van der Waals surface area contributed by atoms with Gasteiger partial charge in [0.2, 0.25) is 5.91 Å². The van der Waals surface area contributed by atoms with E-state index >= 15 is 0 Å². The van der Waals surface area contributed by atoms with Crippen molar-refractivity contribution in [1.82, 2.24) is 10.2 Å². The molecule has 1 aromatic carbocycles. The number of nitrogens with one attached hydrogen (secondary N) is 1. The molecular formula is C17H25Cl2N3O3. The first-order chi connectivity index (χ1) is 11.3. The number of hydrogen-bond acceptors (Lipinski definition) is 4. The van der Waals surface area contributed by atoms with E-state index in [-0.39, 0.29) is 24.2 Å². The zero-order chi connectivity index (χ0) is 17.9. The van der Waals surface area contributed by atoms with Crippen molar-refractivity contribution in [3.05, 3.63) is 22.7 Å². The molecule has 0 radical (unpaired) electrons. The Kier molecular flexibility index (Phi) is 7.38. The molecule has 8 heteroatoms. The number of nitrogen functional groups attached to an aromatic ring is 1. The van der Waals surface area contributed by atoms with Gasteiger partial charge in [-0.2, -0.15) is 0 Å². The van der Waals surface area contributed by atoms with Crippen molar-refractivity contribution in [2.24, 2.45) is 5.41 Å². The van der Waals surface area contributed by atoms with Crippen molar-refractivity contribution in [2.75, 3.05) is 33.5 Å². The average molecular weight is 390 g/mol. The predicted molar refractivity (Wildman–Crippen MR) is 102 cm³/mol. The number of carbonyl (C=O) groups is 2. The van der Waals surface area contributed by atoms with Gasteiger partial charge in [-0.25, -0.2) is 0 Å². The molecule has 0 atom stereocenters. The first-order valence-electron chi connectivity index (χ1n) is 7.94. The smallest absolute Gasteiger partial charge is 0.255 e. The predicted octanol–water partition coefficient (Wildman–Crippen LogP) is 2.73. The van der Waals surface area contributed by atoms with E-state index in [0.29, 0.717) is 28.6 Å². The number of amides is 2. The molecular weight excluding hydrogens is 365 g/mol. The van der Waals surface area contributed by atoms with Gasteiger partial charge in [0.25, 0.3) is 5.91 Å². The maximum absolute atomic E-state index is 12.6. The van der Waals surface area contributed by atoms with Crippen LogP contribution in [0.4, 0.5) is 5.69 Å². The van der Waals surface area contributed by atoms with Crippen LogP contribution in [0.3, 0.4) is 0 Å². The van der Waals surface area contributed by atoms with E-state index in [2.05, 4.69) is 5.32 Å². The van der Waals surface area contributed by atoms with Gasteiger partial charge >= 0.3 is 0 Å². The number of rotatable bonds is 5. The Balaban J connectivity index is 0.00000312. The van der Waals surface area contributed by atoms with E-state index < -0.39 is 5.41 Å². The van der Waals surface area contributed by atoms with Gasteiger partial charge in [-0.1, -0.05) is 24.4 Å². The van der Waals surface area contributed by atoms with Crippen molar-refractivity contribution in [3.63, 3.8) is 0 Å². The van der Waals surface area contributed by atoms with Crippen LogP contribution in [0, 0.1) is 5.41 Å². The number of ether oxygens (including phenoxy) is 1. The second kappa shape index (κ2) is 8.63. The van der Waals surface area contributed by atoms with Gasteiger partial charge in [0, 0.05) is 26.7 Å². The van der Waals surface area contributed by atoms with Gasteiger partial charge in [0.05, 0.1) is 28.8 Å². The third-order valence-electron chi connectivity index (χ3n) is 4.57. The number of benzene rings is 1. The maximum atomic E-state index is 12.6. The Morgan fingerprint density at radius 3 is 2.44 bits per heavy atom. The topological polar surface area (TPSA) is 84.7 Å². The zero-order valence-corrected chi connectivity index (χ0v) is 16.3. The standard InChI is InChI=1S/C17H24ClN3O3.ClH/c1-21(2)16(23)17(6-4-5-7-17)10-20-15(22)11-8-12(18)13(19)9-14(11)24-3;/h8-9H,4-7,10,19H2,1-3H3,(H,20,22);1H. The molecule has 140 valence electrons. The van der Waals surface area contributed by atoms with Crippen molar-refractivity contribution in [3.8, 4) is 5.75 Å². The number of hydrogen-bond donors (Lipinski definition) is 2. The first-order valence-corrected chi connectivity index (χ1v) is 8.31. The minimum atomic E-state index is -0.524. The number of methoxy groups -OCH3 is 1. The Hall–Kier alpha value is -1.66. The van der Waals surface area contributed by atoms with E-state index in [0.717, 1.165) is 25.7 Å².